The average Bonchev–Trinajstić information content (AvgIpc) is 2.74. The summed E-state index contributed by atoms with van der Waals surface area (Å²) in [5, 5.41) is 0. The number of benzene rings is 2. The first-order chi connectivity index (χ1) is 14.8. The quantitative estimate of drug-likeness (QED) is 0.383. The fourth-order valence-electron chi connectivity index (χ4n) is 6.97. The summed E-state index contributed by atoms with van der Waals surface area (Å²) >= 11 is 0. The van der Waals surface area contributed by atoms with Gasteiger partial charge in [-0.15, -0.1) is 0 Å². The summed E-state index contributed by atoms with van der Waals surface area (Å²) in [5.41, 5.74) is 3.37. The lowest BCUT2D eigenvalue weighted by atomic mass is 9.50. The highest BCUT2D eigenvalue weighted by atomic mass is 31.1. The van der Waals surface area contributed by atoms with Crippen molar-refractivity contribution in [3.05, 3.63) is 83.9 Å². The molecule has 4 saturated carbocycles. The molecule has 0 spiro atoms. The van der Waals surface area contributed by atoms with Crippen molar-refractivity contribution in [1.29, 1.82) is 0 Å². The lowest BCUT2D eigenvalue weighted by Crippen LogP contribution is -2.47. The van der Waals surface area contributed by atoms with Gasteiger partial charge >= 0.3 is 0 Å². The van der Waals surface area contributed by atoms with Crippen LogP contribution in [0.25, 0.3) is 12.2 Å². The van der Waals surface area contributed by atoms with Crippen LogP contribution in [0.3, 0.4) is 0 Å². The molecule has 0 amide bonds. The molecule has 0 aromatic heterocycles. The molecular formula is C29H35P. The molecule has 0 unspecified atom stereocenters. The van der Waals surface area contributed by atoms with Crippen LogP contribution in [0, 0.1) is 23.2 Å². The maximum absolute atomic E-state index is 2.47. The normalized spacial score (nSPS) is 30.1. The molecule has 0 N–H and O–H groups in total. The van der Waals surface area contributed by atoms with Crippen molar-refractivity contribution in [3.63, 3.8) is 0 Å². The lowest BCUT2D eigenvalue weighted by molar-refractivity contribution is -0.0387. The number of hydrogen-bond acceptors (Lipinski definition) is 0. The highest BCUT2D eigenvalue weighted by molar-refractivity contribution is 7.58. The standard InChI is InChI=1S/C29H35P/c1-3-9-24(10-4-1)13-7-15-30(16-8-14-25-11-5-2-6-12-25)23-29-20-26-17-27(21-29)19-28(18-26)22-29/h1-14,26-28H,15-23H2/b13-7+,14-8+. The molecular weight excluding hydrogens is 379 g/mol. The van der Waals surface area contributed by atoms with E-state index in [9.17, 15) is 0 Å². The zero-order valence-corrected chi connectivity index (χ0v) is 19.0. The first-order valence-corrected chi connectivity index (χ1v) is 13.8. The molecule has 4 aliphatic carbocycles. The Bertz CT molecular complexity index is 777. The zero-order chi connectivity index (χ0) is 20.2. The molecule has 4 fully saturated rings. The van der Waals surface area contributed by atoms with E-state index < -0.39 is 0 Å². The van der Waals surface area contributed by atoms with Gasteiger partial charge in [-0.1, -0.05) is 92.9 Å². The van der Waals surface area contributed by atoms with Crippen molar-refractivity contribution < 1.29 is 0 Å². The second-order valence-electron chi connectivity index (χ2n) is 10.2. The van der Waals surface area contributed by atoms with Gasteiger partial charge in [0.25, 0.3) is 0 Å². The van der Waals surface area contributed by atoms with E-state index in [1.165, 1.54) is 29.6 Å². The van der Waals surface area contributed by atoms with Gasteiger partial charge in [-0.3, -0.25) is 0 Å². The van der Waals surface area contributed by atoms with Crippen molar-refractivity contribution in [2.24, 2.45) is 23.2 Å². The van der Waals surface area contributed by atoms with Gasteiger partial charge in [0.15, 0.2) is 0 Å². The number of rotatable bonds is 8. The Morgan fingerprint density at radius 2 is 1.10 bits per heavy atom. The summed E-state index contributed by atoms with van der Waals surface area (Å²) in [6, 6.07) is 21.6. The highest BCUT2D eigenvalue weighted by Crippen LogP contribution is 2.63. The zero-order valence-electron chi connectivity index (χ0n) is 18.1. The van der Waals surface area contributed by atoms with Gasteiger partial charge in [0.2, 0.25) is 0 Å². The van der Waals surface area contributed by atoms with Gasteiger partial charge in [-0.25, -0.2) is 0 Å². The summed E-state index contributed by atoms with van der Waals surface area (Å²) in [6.45, 7) is 0. The maximum atomic E-state index is 2.47. The van der Waals surface area contributed by atoms with Crippen LogP contribution < -0.4 is 0 Å². The summed E-state index contributed by atoms with van der Waals surface area (Å²) < 4.78 is 0. The summed E-state index contributed by atoms with van der Waals surface area (Å²) in [6.07, 6.45) is 23.0. The molecule has 0 heterocycles. The second-order valence-corrected chi connectivity index (χ2v) is 12.6. The molecule has 1 heteroatoms. The van der Waals surface area contributed by atoms with E-state index in [1.54, 1.807) is 38.5 Å². The third-order valence-corrected chi connectivity index (χ3v) is 10.2. The number of hydrogen-bond donors (Lipinski definition) is 0. The average molecular weight is 415 g/mol. The summed E-state index contributed by atoms with van der Waals surface area (Å²) in [5.74, 6) is 3.19. The molecule has 0 radical (unpaired) electrons. The van der Waals surface area contributed by atoms with Crippen molar-refractivity contribution >= 4 is 20.1 Å². The monoisotopic (exact) mass is 414 g/mol. The summed E-state index contributed by atoms with van der Waals surface area (Å²) in [4.78, 5) is 0. The van der Waals surface area contributed by atoms with Gasteiger partial charge in [0, 0.05) is 0 Å². The molecule has 0 atom stereocenters. The number of allylic oxidation sites excluding steroid dienone is 2. The van der Waals surface area contributed by atoms with Crippen LogP contribution >= 0.6 is 7.92 Å². The van der Waals surface area contributed by atoms with Crippen molar-refractivity contribution in [2.45, 2.75) is 38.5 Å². The summed E-state index contributed by atoms with van der Waals surface area (Å²) in [7, 11) is 0.0123. The SMILES string of the molecule is C(=C\c1ccccc1)/CP(C/C=C/c1ccccc1)CC12CC3CC(CC(C3)C1)C2. The van der Waals surface area contributed by atoms with Gasteiger partial charge < -0.3 is 0 Å². The predicted molar refractivity (Wildman–Crippen MR) is 133 cm³/mol. The fraction of sp³-hybridized carbons (Fsp3) is 0.448. The van der Waals surface area contributed by atoms with Crippen LogP contribution in [0.4, 0.5) is 0 Å². The topological polar surface area (TPSA) is 0 Å². The lowest BCUT2D eigenvalue weighted by Gasteiger charge is -2.57. The van der Waals surface area contributed by atoms with Crippen LogP contribution in [0.2, 0.25) is 0 Å². The van der Waals surface area contributed by atoms with Crippen molar-refractivity contribution in [3.8, 4) is 0 Å². The first-order valence-electron chi connectivity index (χ1n) is 11.9. The van der Waals surface area contributed by atoms with E-state index in [1.807, 2.05) is 0 Å². The Hall–Kier alpha value is -1.65. The molecule has 2 aromatic carbocycles. The smallest absolute Gasteiger partial charge is 0.0138 e. The molecule has 30 heavy (non-hydrogen) atoms. The van der Waals surface area contributed by atoms with E-state index in [-0.39, 0.29) is 7.92 Å². The largest absolute Gasteiger partial charge is 0.0984 e. The van der Waals surface area contributed by atoms with E-state index in [0.717, 1.165) is 17.8 Å². The molecule has 0 nitrogen and oxygen atoms in total. The van der Waals surface area contributed by atoms with Gasteiger partial charge in [0.1, 0.15) is 0 Å². The Morgan fingerprint density at radius 3 is 1.53 bits per heavy atom. The van der Waals surface area contributed by atoms with Gasteiger partial charge in [-0.05, 0) is 91.3 Å². The van der Waals surface area contributed by atoms with Crippen LogP contribution in [-0.2, 0) is 0 Å². The van der Waals surface area contributed by atoms with Crippen LogP contribution in [0.15, 0.2) is 72.8 Å². The molecule has 2 aromatic rings. The van der Waals surface area contributed by atoms with Crippen LogP contribution in [-0.4, -0.2) is 18.5 Å². The minimum Gasteiger partial charge on any atom is -0.0984 e. The van der Waals surface area contributed by atoms with E-state index >= 15 is 0 Å². The second kappa shape index (κ2) is 9.23. The van der Waals surface area contributed by atoms with Crippen LogP contribution in [0.5, 0.6) is 0 Å². The van der Waals surface area contributed by atoms with E-state index in [4.69, 9.17) is 0 Å². The maximum Gasteiger partial charge on any atom is -0.0138 e. The Morgan fingerprint density at radius 1 is 0.667 bits per heavy atom. The van der Waals surface area contributed by atoms with E-state index in [2.05, 4.69) is 85.0 Å². The Kier molecular flexibility index (Phi) is 6.24. The Balaban J connectivity index is 1.27. The van der Waals surface area contributed by atoms with E-state index in [0.29, 0.717) is 5.41 Å². The molecule has 4 aliphatic rings. The predicted octanol–water partition coefficient (Wildman–Crippen LogP) is 8.11. The minimum absolute atomic E-state index is 0.0123. The fourth-order valence-corrected chi connectivity index (χ4v) is 9.52. The van der Waals surface area contributed by atoms with Crippen molar-refractivity contribution in [1.82, 2.24) is 0 Å². The third-order valence-electron chi connectivity index (χ3n) is 7.67. The van der Waals surface area contributed by atoms with Gasteiger partial charge in [-0.2, -0.15) is 0 Å². The molecule has 4 bridgehead atoms. The van der Waals surface area contributed by atoms with Crippen LogP contribution in [0.1, 0.15) is 49.7 Å². The first kappa shape index (κ1) is 20.3. The highest BCUT2D eigenvalue weighted by Gasteiger charge is 2.51. The minimum atomic E-state index is 0.0123. The van der Waals surface area contributed by atoms with Gasteiger partial charge in [0.05, 0.1) is 0 Å². The van der Waals surface area contributed by atoms with Crippen molar-refractivity contribution in [2.75, 3.05) is 18.5 Å². The molecule has 0 aliphatic heterocycles. The molecule has 6 rings (SSSR count). The molecule has 0 saturated heterocycles. The molecule has 156 valence electrons. The third kappa shape index (κ3) is 4.97. The Labute approximate surface area is 184 Å².